The first-order valence-electron chi connectivity index (χ1n) is 6.35. The number of anilines is 1. The number of rotatable bonds is 4. The maximum atomic E-state index is 13.2. The molecule has 0 aliphatic heterocycles. The van der Waals surface area contributed by atoms with Crippen molar-refractivity contribution < 1.29 is 14.1 Å². The Balaban J connectivity index is 2.19. The molecule has 2 aromatic rings. The van der Waals surface area contributed by atoms with Gasteiger partial charge in [-0.05, 0) is 36.2 Å². The van der Waals surface area contributed by atoms with E-state index in [0.717, 1.165) is 24.1 Å². The molecule has 2 rings (SSSR count). The molecule has 0 spiro atoms. The van der Waals surface area contributed by atoms with Gasteiger partial charge >= 0.3 is 5.69 Å². The van der Waals surface area contributed by atoms with Gasteiger partial charge in [-0.15, -0.1) is 0 Å². The van der Waals surface area contributed by atoms with Crippen LogP contribution in [0.3, 0.4) is 0 Å². The fraction of sp³-hybridized carbons (Fsp3) is 0.133. The van der Waals surface area contributed by atoms with Crippen molar-refractivity contribution in [2.75, 3.05) is 5.32 Å². The Morgan fingerprint density at radius 2 is 1.90 bits per heavy atom. The number of aryl methyl sites for hydroxylation is 1. The topological polar surface area (TPSA) is 72.2 Å². The molecule has 2 aromatic carbocycles. The minimum Gasteiger partial charge on any atom is -0.322 e. The monoisotopic (exact) mass is 288 g/mol. The summed E-state index contributed by atoms with van der Waals surface area (Å²) in [5, 5.41) is 13.3. The van der Waals surface area contributed by atoms with Gasteiger partial charge in [-0.2, -0.15) is 4.39 Å². The molecule has 0 heterocycles. The molecule has 0 saturated heterocycles. The molecule has 0 radical (unpaired) electrons. The van der Waals surface area contributed by atoms with Crippen molar-refractivity contribution in [1.29, 1.82) is 0 Å². The van der Waals surface area contributed by atoms with Gasteiger partial charge in [0.15, 0.2) is 0 Å². The number of nitrogens with one attached hydrogen (secondary N) is 1. The first-order valence-corrected chi connectivity index (χ1v) is 6.35. The molecule has 6 heteroatoms. The SMILES string of the molecule is CCc1ccc(NC(=O)c2ccc(F)c([N+](=O)[O-])c2)cc1. The number of hydrogen-bond donors (Lipinski definition) is 1. The Hall–Kier alpha value is -2.76. The van der Waals surface area contributed by atoms with Crippen molar-refractivity contribution in [2.24, 2.45) is 0 Å². The van der Waals surface area contributed by atoms with Gasteiger partial charge in [0.25, 0.3) is 5.91 Å². The first kappa shape index (κ1) is 14.6. The number of nitro groups is 1. The molecule has 0 aliphatic carbocycles. The molecule has 1 amide bonds. The molecule has 0 saturated carbocycles. The van der Waals surface area contributed by atoms with Crippen molar-refractivity contribution in [3.8, 4) is 0 Å². The summed E-state index contributed by atoms with van der Waals surface area (Å²) in [5.74, 6) is -1.49. The Morgan fingerprint density at radius 1 is 1.24 bits per heavy atom. The fourth-order valence-corrected chi connectivity index (χ4v) is 1.82. The zero-order valence-corrected chi connectivity index (χ0v) is 11.3. The van der Waals surface area contributed by atoms with Crippen LogP contribution >= 0.6 is 0 Å². The number of nitrogens with zero attached hydrogens (tertiary/aromatic N) is 1. The van der Waals surface area contributed by atoms with Gasteiger partial charge in [0.05, 0.1) is 4.92 Å². The van der Waals surface area contributed by atoms with Crippen LogP contribution in [-0.2, 0) is 6.42 Å². The molecule has 108 valence electrons. The highest BCUT2D eigenvalue weighted by atomic mass is 19.1. The van der Waals surface area contributed by atoms with Crippen molar-refractivity contribution in [2.45, 2.75) is 13.3 Å². The van der Waals surface area contributed by atoms with Gasteiger partial charge in [0, 0.05) is 17.3 Å². The summed E-state index contributed by atoms with van der Waals surface area (Å²) < 4.78 is 13.2. The zero-order chi connectivity index (χ0) is 15.4. The van der Waals surface area contributed by atoms with Crippen LogP contribution in [0.15, 0.2) is 42.5 Å². The van der Waals surface area contributed by atoms with Gasteiger partial charge < -0.3 is 5.32 Å². The van der Waals surface area contributed by atoms with Gasteiger partial charge in [-0.3, -0.25) is 14.9 Å². The van der Waals surface area contributed by atoms with E-state index in [2.05, 4.69) is 5.32 Å². The normalized spacial score (nSPS) is 10.2. The summed E-state index contributed by atoms with van der Waals surface area (Å²) in [6, 6.07) is 10.3. The number of hydrogen-bond acceptors (Lipinski definition) is 3. The first-order chi connectivity index (χ1) is 10.0. The predicted molar refractivity (Wildman–Crippen MR) is 76.8 cm³/mol. The molecule has 21 heavy (non-hydrogen) atoms. The number of nitro benzene ring substituents is 1. The molecular formula is C15H13FN2O3. The average molecular weight is 288 g/mol. The molecular weight excluding hydrogens is 275 g/mol. The quantitative estimate of drug-likeness (QED) is 0.690. The van der Waals surface area contributed by atoms with Crippen molar-refractivity contribution in [3.05, 3.63) is 69.5 Å². The van der Waals surface area contributed by atoms with Gasteiger partial charge in [-0.1, -0.05) is 19.1 Å². The van der Waals surface area contributed by atoms with Gasteiger partial charge in [0.2, 0.25) is 5.82 Å². The Labute approximate surface area is 120 Å². The number of amides is 1. The van der Waals surface area contributed by atoms with Gasteiger partial charge in [-0.25, -0.2) is 0 Å². The van der Waals surface area contributed by atoms with Crippen molar-refractivity contribution >= 4 is 17.3 Å². The van der Waals surface area contributed by atoms with E-state index in [4.69, 9.17) is 0 Å². The van der Waals surface area contributed by atoms with Crippen LogP contribution < -0.4 is 5.32 Å². The van der Waals surface area contributed by atoms with E-state index in [9.17, 15) is 19.3 Å². The highest BCUT2D eigenvalue weighted by Gasteiger charge is 2.17. The molecule has 0 aromatic heterocycles. The fourth-order valence-electron chi connectivity index (χ4n) is 1.82. The largest absolute Gasteiger partial charge is 0.322 e. The second kappa shape index (κ2) is 6.13. The molecule has 0 fully saturated rings. The molecule has 0 bridgehead atoms. The van der Waals surface area contributed by atoms with E-state index in [1.165, 1.54) is 6.07 Å². The number of halogens is 1. The van der Waals surface area contributed by atoms with E-state index in [1.807, 2.05) is 19.1 Å². The lowest BCUT2D eigenvalue weighted by Gasteiger charge is -2.06. The van der Waals surface area contributed by atoms with Crippen LogP contribution in [0, 0.1) is 15.9 Å². The smallest absolute Gasteiger partial charge is 0.305 e. The van der Waals surface area contributed by atoms with Crippen LogP contribution in [0.4, 0.5) is 15.8 Å². The number of carbonyl (C=O) groups is 1. The lowest BCUT2D eigenvalue weighted by atomic mass is 10.1. The summed E-state index contributed by atoms with van der Waals surface area (Å²) in [6.45, 7) is 2.02. The van der Waals surface area contributed by atoms with Crippen molar-refractivity contribution in [3.63, 3.8) is 0 Å². The summed E-state index contributed by atoms with van der Waals surface area (Å²) in [7, 11) is 0. The molecule has 0 aliphatic rings. The van der Waals surface area contributed by atoms with E-state index in [1.54, 1.807) is 12.1 Å². The predicted octanol–water partition coefficient (Wildman–Crippen LogP) is 3.55. The number of carbonyl (C=O) groups excluding carboxylic acids is 1. The minimum absolute atomic E-state index is 0.0302. The third kappa shape index (κ3) is 3.42. The second-order valence-electron chi connectivity index (χ2n) is 4.43. The Morgan fingerprint density at radius 3 is 2.48 bits per heavy atom. The van der Waals surface area contributed by atoms with Crippen LogP contribution in [-0.4, -0.2) is 10.8 Å². The third-order valence-corrected chi connectivity index (χ3v) is 3.03. The standard InChI is InChI=1S/C15H13FN2O3/c1-2-10-3-6-12(7-4-10)17-15(19)11-5-8-13(16)14(9-11)18(20)21/h3-9H,2H2,1H3,(H,17,19). The lowest BCUT2D eigenvalue weighted by molar-refractivity contribution is -0.387. The van der Waals surface area contributed by atoms with Crippen molar-refractivity contribution in [1.82, 2.24) is 0 Å². The van der Waals surface area contributed by atoms with E-state index < -0.39 is 22.3 Å². The highest BCUT2D eigenvalue weighted by molar-refractivity contribution is 6.04. The number of benzene rings is 2. The maximum Gasteiger partial charge on any atom is 0.305 e. The molecule has 0 atom stereocenters. The van der Waals surface area contributed by atoms with Crippen LogP contribution in [0.5, 0.6) is 0 Å². The summed E-state index contributed by atoms with van der Waals surface area (Å²) >= 11 is 0. The van der Waals surface area contributed by atoms with E-state index >= 15 is 0 Å². The summed E-state index contributed by atoms with van der Waals surface area (Å²) in [6.07, 6.45) is 0.887. The van der Waals surface area contributed by atoms with Crippen LogP contribution in [0.25, 0.3) is 0 Å². The van der Waals surface area contributed by atoms with Crippen LogP contribution in [0.1, 0.15) is 22.8 Å². The summed E-state index contributed by atoms with van der Waals surface area (Å²) in [5.41, 5.74) is 1.02. The van der Waals surface area contributed by atoms with Crippen LogP contribution in [0.2, 0.25) is 0 Å². The van der Waals surface area contributed by atoms with Gasteiger partial charge in [0.1, 0.15) is 0 Å². The highest BCUT2D eigenvalue weighted by Crippen LogP contribution is 2.19. The third-order valence-electron chi connectivity index (χ3n) is 3.03. The Bertz CT molecular complexity index is 684. The second-order valence-corrected chi connectivity index (χ2v) is 4.43. The average Bonchev–Trinajstić information content (AvgIpc) is 2.48. The summed E-state index contributed by atoms with van der Waals surface area (Å²) in [4.78, 5) is 21.8. The molecule has 5 nitrogen and oxygen atoms in total. The Kier molecular flexibility index (Phi) is 4.27. The maximum absolute atomic E-state index is 13.2. The van der Waals surface area contributed by atoms with E-state index in [-0.39, 0.29) is 5.56 Å². The lowest BCUT2D eigenvalue weighted by Crippen LogP contribution is -2.12. The molecule has 1 N–H and O–H groups in total. The zero-order valence-electron chi connectivity index (χ0n) is 11.3. The minimum atomic E-state index is -0.969. The molecule has 0 unspecified atom stereocenters. The van der Waals surface area contributed by atoms with E-state index in [0.29, 0.717) is 5.69 Å².